The molecule has 0 unspecified atom stereocenters. The van der Waals surface area contributed by atoms with Gasteiger partial charge in [0.05, 0.1) is 11.3 Å². The second-order valence-corrected chi connectivity index (χ2v) is 7.00. The molecule has 0 aromatic heterocycles. The molecule has 8 heteroatoms. The summed E-state index contributed by atoms with van der Waals surface area (Å²) in [6.45, 7) is -0.672. The highest BCUT2D eigenvalue weighted by Crippen LogP contribution is 2.20. The number of hydrogen-bond acceptors (Lipinski definition) is 4. The lowest BCUT2D eigenvalue weighted by atomic mass is 9.98. The Hall–Kier alpha value is -3.22. The molecule has 0 spiro atoms. The van der Waals surface area contributed by atoms with Gasteiger partial charge < -0.3 is 10.1 Å². The summed E-state index contributed by atoms with van der Waals surface area (Å²) in [5.74, 6) is -2.71. The van der Waals surface area contributed by atoms with Crippen LogP contribution in [0.1, 0.15) is 26.3 Å². The summed E-state index contributed by atoms with van der Waals surface area (Å²) in [6.07, 6.45) is 0. The molecule has 5 nitrogen and oxygen atoms in total. The van der Waals surface area contributed by atoms with Crippen molar-refractivity contribution in [2.75, 3.05) is 11.9 Å². The van der Waals surface area contributed by atoms with E-state index in [0.717, 1.165) is 6.07 Å². The molecule has 3 aromatic carbocycles. The first-order valence-corrected chi connectivity index (χ1v) is 9.42. The molecule has 0 fully saturated rings. The van der Waals surface area contributed by atoms with Crippen LogP contribution in [0.3, 0.4) is 0 Å². The zero-order valence-corrected chi connectivity index (χ0v) is 16.8. The summed E-state index contributed by atoms with van der Waals surface area (Å²) >= 11 is 11.6. The Labute approximate surface area is 181 Å². The number of amides is 1. The van der Waals surface area contributed by atoms with Crippen LogP contribution in [0.2, 0.25) is 10.0 Å². The number of halogens is 3. The van der Waals surface area contributed by atoms with Crippen LogP contribution >= 0.6 is 23.2 Å². The van der Waals surface area contributed by atoms with Crippen molar-refractivity contribution in [2.24, 2.45) is 0 Å². The summed E-state index contributed by atoms with van der Waals surface area (Å²) in [7, 11) is 0. The molecule has 0 aliphatic heterocycles. The van der Waals surface area contributed by atoms with Crippen LogP contribution in [-0.4, -0.2) is 24.3 Å². The topological polar surface area (TPSA) is 72.5 Å². The van der Waals surface area contributed by atoms with Crippen LogP contribution in [-0.2, 0) is 9.53 Å². The fourth-order valence-electron chi connectivity index (χ4n) is 2.60. The van der Waals surface area contributed by atoms with Crippen molar-refractivity contribution in [2.45, 2.75) is 0 Å². The van der Waals surface area contributed by atoms with Crippen molar-refractivity contribution in [1.82, 2.24) is 0 Å². The minimum atomic E-state index is -0.866. The van der Waals surface area contributed by atoms with Crippen LogP contribution < -0.4 is 5.32 Å². The average molecular weight is 446 g/mol. The molecule has 0 bridgehead atoms. The van der Waals surface area contributed by atoms with E-state index in [4.69, 9.17) is 27.9 Å². The predicted octanol–water partition coefficient (Wildman–Crippen LogP) is 5.16. The number of ketones is 1. The lowest BCUT2D eigenvalue weighted by molar-refractivity contribution is -0.119. The van der Waals surface area contributed by atoms with Crippen molar-refractivity contribution in [1.29, 1.82) is 0 Å². The summed E-state index contributed by atoms with van der Waals surface area (Å²) in [5, 5.41) is 2.98. The summed E-state index contributed by atoms with van der Waals surface area (Å²) in [5.41, 5.74) is 0.320. The van der Waals surface area contributed by atoms with Crippen LogP contribution in [0.5, 0.6) is 0 Å². The zero-order valence-electron chi connectivity index (χ0n) is 15.3. The lowest BCUT2D eigenvalue weighted by Crippen LogP contribution is -2.22. The Kier molecular flexibility index (Phi) is 6.82. The Morgan fingerprint density at radius 3 is 2.20 bits per heavy atom. The van der Waals surface area contributed by atoms with Crippen molar-refractivity contribution < 1.29 is 23.5 Å². The van der Waals surface area contributed by atoms with Gasteiger partial charge in [0, 0.05) is 21.2 Å². The van der Waals surface area contributed by atoms with E-state index < -0.39 is 30.1 Å². The Morgan fingerprint density at radius 1 is 0.867 bits per heavy atom. The molecule has 0 saturated heterocycles. The van der Waals surface area contributed by atoms with Gasteiger partial charge in [-0.25, -0.2) is 9.18 Å². The molecule has 152 valence electrons. The number of esters is 1. The van der Waals surface area contributed by atoms with Gasteiger partial charge in [-0.2, -0.15) is 0 Å². The van der Waals surface area contributed by atoms with Crippen molar-refractivity contribution in [3.05, 3.63) is 99.3 Å². The van der Waals surface area contributed by atoms with Gasteiger partial charge in [-0.15, -0.1) is 0 Å². The van der Waals surface area contributed by atoms with E-state index in [1.165, 1.54) is 24.3 Å². The first-order valence-electron chi connectivity index (χ1n) is 8.66. The third-order valence-electron chi connectivity index (χ3n) is 4.03. The van der Waals surface area contributed by atoms with E-state index in [1.54, 1.807) is 36.4 Å². The number of anilines is 1. The smallest absolute Gasteiger partial charge is 0.339 e. The minimum absolute atomic E-state index is 0.000754. The van der Waals surface area contributed by atoms with Gasteiger partial charge in [-0.05, 0) is 48.5 Å². The van der Waals surface area contributed by atoms with E-state index in [-0.39, 0.29) is 21.8 Å². The highest BCUT2D eigenvalue weighted by atomic mass is 35.5. The predicted molar refractivity (Wildman–Crippen MR) is 112 cm³/mol. The van der Waals surface area contributed by atoms with Gasteiger partial charge in [-0.1, -0.05) is 41.4 Å². The van der Waals surface area contributed by atoms with Crippen molar-refractivity contribution >= 4 is 46.5 Å². The molecule has 0 saturated carbocycles. The second kappa shape index (κ2) is 9.52. The standard InChI is InChI=1S/C22H14Cl2FNO4/c23-14-7-5-13(6-8-14)21(28)16-3-1-2-4-17(16)22(29)30-12-20(27)26-19-11-15(24)9-10-18(19)25/h1-11H,12H2,(H,26,27). The molecule has 1 amide bonds. The first-order chi connectivity index (χ1) is 14.3. The summed E-state index contributed by atoms with van der Waals surface area (Å²) in [6, 6.07) is 15.9. The fraction of sp³-hybridized carbons (Fsp3) is 0.0455. The number of benzene rings is 3. The zero-order chi connectivity index (χ0) is 21.7. The minimum Gasteiger partial charge on any atom is -0.452 e. The molecule has 0 aliphatic carbocycles. The third-order valence-corrected chi connectivity index (χ3v) is 4.52. The Bertz CT molecular complexity index is 1120. The third kappa shape index (κ3) is 5.23. The second-order valence-electron chi connectivity index (χ2n) is 6.13. The monoisotopic (exact) mass is 445 g/mol. The summed E-state index contributed by atoms with van der Waals surface area (Å²) < 4.78 is 18.7. The van der Waals surface area contributed by atoms with Gasteiger partial charge in [0.1, 0.15) is 5.82 Å². The SMILES string of the molecule is O=C(COC(=O)c1ccccc1C(=O)c1ccc(Cl)cc1)Nc1cc(Cl)ccc1F. The molecule has 3 rings (SSSR count). The Balaban J connectivity index is 1.70. The molecule has 1 N–H and O–H groups in total. The normalized spacial score (nSPS) is 10.4. The van der Waals surface area contributed by atoms with E-state index in [1.807, 2.05) is 0 Å². The van der Waals surface area contributed by atoms with Gasteiger partial charge in [0.15, 0.2) is 12.4 Å². The molecule has 0 atom stereocenters. The van der Waals surface area contributed by atoms with E-state index in [0.29, 0.717) is 10.6 Å². The molecule has 0 aliphatic rings. The highest BCUT2D eigenvalue weighted by molar-refractivity contribution is 6.31. The first kappa shape index (κ1) is 21.5. The number of ether oxygens (including phenoxy) is 1. The van der Waals surface area contributed by atoms with Gasteiger partial charge in [0.2, 0.25) is 0 Å². The number of carbonyl (C=O) groups is 3. The number of nitrogens with one attached hydrogen (secondary N) is 1. The maximum atomic E-state index is 13.7. The average Bonchev–Trinajstić information content (AvgIpc) is 2.74. The maximum absolute atomic E-state index is 13.7. The highest BCUT2D eigenvalue weighted by Gasteiger charge is 2.20. The van der Waals surface area contributed by atoms with Gasteiger partial charge >= 0.3 is 5.97 Å². The van der Waals surface area contributed by atoms with Crippen LogP contribution in [0.15, 0.2) is 66.7 Å². The van der Waals surface area contributed by atoms with E-state index in [2.05, 4.69) is 5.32 Å². The number of rotatable bonds is 6. The summed E-state index contributed by atoms with van der Waals surface area (Å²) in [4.78, 5) is 37.2. The lowest BCUT2D eigenvalue weighted by Gasteiger charge is -2.10. The van der Waals surface area contributed by atoms with E-state index in [9.17, 15) is 18.8 Å². The fourth-order valence-corrected chi connectivity index (χ4v) is 2.90. The molecular formula is C22H14Cl2FNO4. The van der Waals surface area contributed by atoms with Gasteiger partial charge in [0.25, 0.3) is 5.91 Å². The maximum Gasteiger partial charge on any atom is 0.339 e. The van der Waals surface area contributed by atoms with Crippen LogP contribution in [0.25, 0.3) is 0 Å². The molecule has 0 heterocycles. The number of carbonyl (C=O) groups excluding carboxylic acids is 3. The van der Waals surface area contributed by atoms with E-state index >= 15 is 0 Å². The van der Waals surface area contributed by atoms with Crippen molar-refractivity contribution in [3.63, 3.8) is 0 Å². The van der Waals surface area contributed by atoms with Crippen LogP contribution in [0, 0.1) is 5.82 Å². The quantitative estimate of drug-likeness (QED) is 0.420. The van der Waals surface area contributed by atoms with Crippen LogP contribution in [0.4, 0.5) is 10.1 Å². The molecule has 0 radical (unpaired) electrons. The largest absolute Gasteiger partial charge is 0.452 e. The molecule has 3 aromatic rings. The molecular weight excluding hydrogens is 432 g/mol. The Morgan fingerprint density at radius 2 is 1.50 bits per heavy atom. The molecule has 30 heavy (non-hydrogen) atoms. The van der Waals surface area contributed by atoms with Crippen molar-refractivity contribution in [3.8, 4) is 0 Å². The number of hydrogen-bond donors (Lipinski definition) is 1. The van der Waals surface area contributed by atoms with Gasteiger partial charge in [-0.3, -0.25) is 9.59 Å².